The normalized spacial score (nSPS) is 15.3. The molecule has 0 spiro atoms. The number of anilines is 1. The molecule has 1 aliphatic heterocycles. The van der Waals surface area contributed by atoms with Gasteiger partial charge in [-0.3, -0.25) is 9.59 Å². The average Bonchev–Trinajstić information content (AvgIpc) is 3.19. The molecule has 1 aliphatic carbocycles. The second-order valence-electron chi connectivity index (χ2n) is 7.81. The van der Waals surface area contributed by atoms with Gasteiger partial charge in [-0.25, -0.2) is 4.79 Å². The Labute approximate surface area is 189 Å². The molecule has 5 rings (SSSR count). The number of para-hydroxylation sites is 1. The van der Waals surface area contributed by atoms with E-state index in [2.05, 4.69) is 10.1 Å². The first-order valence-corrected chi connectivity index (χ1v) is 10.7. The Bertz CT molecular complexity index is 1230. The Balaban J connectivity index is 1.21. The van der Waals surface area contributed by atoms with Gasteiger partial charge in [-0.15, -0.1) is 9.53 Å². The minimum absolute atomic E-state index is 0.0194. The lowest BCUT2D eigenvalue weighted by Crippen LogP contribution is -2.49. The van der Waals surface area contributed by atoms with Crippen LogP contribution in [-0.4, -0.2) is 65.2 Å². The monoisotopic (exact) mass is 447 g/mol. The number of carbonyl (C=O) groups is 3. The van der Waals surface area contributed by atoms with Crippen LogP contribution in [0, 0.1) is 5.21 Å². The molecule has 0 bridgehead atoms. The molecule has 2 aliphatic rings. The molecule has 0 radical (unpaired) electrons. The third-order valence-electron chi connectivity index (χ3n) is 5.90. The number of piperazine rings is 1. The number of amides is 1. The van der Waals surface area contributed by atoms with Crippen LogP contribution in [-0.2, 0) is 11.3 Å². The summed E-state index contributed by atoms with van der Waals surface area (Å²) in [5.74, 6) is -1.000. The van der Waals surface area contributed by atoms with Gasteiger partial charge in [0, 0.05) is 43.0 Å². The number of fused-ring (bicyclic) bond motifs is 2. The summed E-state index contributed by atoms with van der Waals surface area (Å²) in [6.45, 7) is 2.32. The molecule has 33 heavy (non-hydrogen) atoms. The standard InChI is InChI=1S/C23H21N5O5/c29-21-17-8-4-5-9-18(17)22(30)20-19(21)27(24-28(20)32)14-15-33-23(31)26-12-10-25(11-13-26)16-6-2-1-3-7-16/h1-9H,10-15H2. The van der Waals surface area contributed by atoms with E-state index in [9.17, 15) is 19.6 Å². The number of rotatable bonds is 4. The molecule has 10 nitrogen and oxygen atoms in total. The quantitative estimate of drug-likeness (QED) is 0.342. The highest BCUT2D eigenvalue weighted by Crippen LogP contribution is 2.25. The van der Waals surface area contributed by atoms with Crippen molar-refractivity contribution in [3.63, 3.8) is 0 Å². The topological polar surface area (TPSA) is 112 Å². The van der Waals surface area contributed by atoms with Gasteiger partial charge in [-0.2, -0.15) is 0 Å². The van der Waals surface area contributed by atoms with E-state index in [0.717, 1.165) is 10.4 Å². The number of nitrogens with zero attached hydrogens (tertiary/aromatic N) is 5. The highest BCUT2D eigenvalue weighted by Gasteiger charge is 2.41. The van der Waals surface area contributed by atoms with Gasteiger partial charge < -0.3 is 19.7 Å². The summed E-state index contributed by atoms with van der Waals surface area (Å²) >= 11 is 0. The Hall–Kier alpha value is -4.21. The predicted octanol–water partition coefficient (Wildman–Crippen LogP) is 1.25. The minimum Gasteiger partial charge on any atom is -0.691 e. The van der Waals surface area contributed by atoms with Crippen LogP contribution in [0.4, 0.5) is 10.5 Å². The number of benzene rings is 2. The molecule has 2 heterocycles. The number of ether oxygens (including phenoxy) is 1. The van der Waals surface area contributed by atoms with Gasteiger partial charge in [0.05, 0.1) is 5.21 Å². The van der Waals surface area contributed by atoms with Crippen molar-refractivity contribution in [1.82, 2.24) is 14.8 Å². The fourth-order valence-electron chi connectivity index (χ4n) is 4.21. The molecule has 1 aromatic heterocycles. The number of ketones is 2. The minimum atomic E-state index is -0.547. The zero-order valence-electron chi connectivity index (χ0n) is 17.7. The van der Waals surface area contributed by atoms with Crippen LogP contribution in [0.1, 0.15) is 32.1 Å². The zero-order valence-corrected chi connectivity index (χ0v) is 17.7. The largest absolute Gasteiger partial charge is 0.691 e. The van der Waals surface area contributed by atoms with E-state index in [1.165, 1.54) is 6.07 Å². The summed E-state index contributed by atoms with van der Waals surface area (Å²) in [5, 5.41) is 16.0. The number of hydrogen-bond acceptors (Lipinski definition) is 7. The molecule has 0 atom stereocenters. The van der Waals surface area contributed by atoms with E-state index in [4.69, 9.17) is 4.74 Å². The van der Waals surface area contributed by atoms with Crippen LogP contribution in [0.15, 0.2) is 54.6 Å². The van der Waals surface area contributed by atoms with Crippen molar-refractivity contribution >= 4 is 23.3 Å². The van der Waals surface area contributed by atoms with Crippen molar-refractivity contribution in [1.29, 1.82) is 0 Å². The van der Waals surface area contributed by atoms with Gasteiger partial charge in [0.25, 0.3) is 11.4 Å². The molecule has 0 N–H and O–H groups in total. The first-order valence-electron chi connectivity index (χ1n) is 10.7. The third kappa shape index (κ3) is 3.69. The number of aromatic nitrogens is 3. The molecule has 3 aromatic rings. The van der Waals surface area contributed by atoms with Crippen molar-refractivity contribution in [3.8, 4) is 0 Å². The summed E-state index contributed by atoms with van der Waals surface area (Å²) in [7, 11) is 0. The predicted molar refractivity (Wildman–Crippen MR) is 116 cm³/mol. The molecule has 2 aromatic carbocycles. The maximum absolute atomic E-state index is 12.9. The summed E-state index contributed by atoms with van der Waals surface area (Å²) in [6, 6.07) is 16.3. The third-order valence-corrected chi connectivity index (χ3v) is 5.90. The van der Waals surface area contributed by atoms with Crippen LogP contribution in [0.5, 0.6) is 0 Å². The summed E-state index contributed by atoms with van der Waals surface area (Å²) in [4.78, 5) is 42.0. The molecular weight excluding hydrogens is 426 g/mol. The molecule has 0 unspecified atom stereocenters. The SMILES string of the molecule is O=C1c2ccccc2C(=O)c2c1n(CCOC(=O)N1CCN(c3ccccc3)CC1)n[n+]2[O-]. The smallest absolute Gasteiger partial charge is 0.410 e. The fourth-order valence-corrected chi connectivity index (χ4v) is 4.21. The van der Waals surface area contributed by atoms with Crippen molar-refractivity contribution in [2.75, 3.05) is 37.7 Å². The lowest BCUT2D eigenvalue weighted by Gasteiger charge is -2.35. The Morgan fingerprint density at radius 1 is 0.939 bits per heavy atom. The molecule has 10 heteroatoms. The fraction of sp³-hybridized carbons (Fsp3) is 0.261. The second kappa shape index (κ2) is 8.38. The van der Waals surface area contributed by atoms with Gasteiger partial charge >= 0.3 is 6.09 Å². The lowest BCUT2D eigenvalue weighted by molar-refractivity contribution is -0.672. The maximum Gasteiger partial charge on any atom is 0.410 e. The van der Waals surface area contributed by atoms with Crippen LogP contribution in [0.25, 0.3) is 0 Å². The highest BCUT2D eigenvalue weighted by molar-refractivity contribution is 6.26. The summed E-state index contributed by atoms with van der Waals surface area (Å²) in [5.41, 5.74) is 1.13. The van der Waals surface area contributed by atoms with Crippen molar-refractivity contribution < 1.29 is 24.0 Å². The number of hydrogen-bond donors (Lipinski definition) is 0. The maximum atomic E-state index is 12.9. The van der Waals surface area contributed by atoms with Crippen molar-refractivity contribution in [2.24, 2.45) is 0 Å². The van der Waals surface area contributed by atoms with E-state index < -0.39 is 17.7 Å². The van der Waals surface area contributed by atoms with Crippen molar-refractivity contribution in [3.05, 3.63) is 82.3 Å². The van der Waals surface area contributed by atoms with E-state index in [1.54, 1.807) is 23.1 Å². The molecule has 1 amide bonds. The van der Waals surface area contributed by atoms with Crippen LogP contribution >= 0.6 is 0 Å². The summed E-state index contributed by atoms with van der Waals surface area (Å²) in [6.07, 6.45) is -0.466. The first-order chi connectivity index (χ1) is 16.0. The average molecular weight is 447 g/mol. The van der Waals surface area contributed by atoms with Gasteiger partial charge in [-0.05, 0) is 12.1 Å². The van der Waals surface area contributed by atoms with Crippen LogP contribution < -0.4 is 9.75 Å². The second-order valence-corrected chi connectivity index (χ2v) is 7.81. The Morgan fingerprint density at radius 3 is 2.27 bits per heavy atom. The lowest BCUT2D eigenvalue weighted by atomic mass is 9.90. The highest BCUT2D eigenvalue weighted by atomic mass is 16.6. The zero-order chi connectivity index (χ0) is 22.9. The molecule has 168 valence electrons. The molecular formula is C23H21N5O5. The molecule has 0 saturated carbocycles. The van der Waals surface area contributed by atoms with Gasteiger partial charge in [0.2, 0.25) is 11.6 Å². The van der Waals surface area contributed by atoms with Crippen LogP contribution in [0.3, 0.4) is 0 Å². The van der Waals surface area contributed by atoms with Crippen molar-refractivity contribution in [2.45, 2.75) is 6.54 Å². The Kier molecular flexibility index (Phi) is 5.25. The van der Waals surface area contributed by atoms with E-state index >= 15 is 0 Å². The molecule has 1 fully saturated rings. The van der Waals surface area contributed by atoms with Crippen LogP contribution in [0.2, 0.25) is 0 Å². The first kappa shape index (κ1) is 20.7. The van der Waals surface area contributed by atoms with E-state index in [1.807, 2.05) is 30.3 Å². The van der Waals surface area contributed by atoms with Gasteiger partial charge in [-0.1, -0.05) is 42.5 Å². The Morgan fingerprint density at radius 2 is 1.58 bits per heavy atom. The van der Waals surface area contributed by atoms with Gasteiger partial charge in [0.15, 0.2) is 0 Å². The summed E-state index contributed by atoms with van der Waals surface area (Å²) < 4.78 is 6.50. The molecule has 1 saturated heterocycles. The number of carbonyl (C=O) groups excluding carboxylic acids is 3. The van der Waals surface area contributed by atoms with Gasteiger partial charge in [0.1, 0.15) is 13.2 Å². The van der Waals surface area contributed by atoms with E-state index in [-0.39, 0.29) is 40.5 Å². The van der Waals surface area contributed by atoms with E-state index in [0.29, 0.717) is 26.2 Å².